The average molecular weight is 236 g/mol. The third-order valence-corrected chi connectivity index (χ3v) is 2.46. The maximum atomic E-state index is 9.80. The summed E-state index contributed by atoms with van der Waals surface area (Å²) in [7, 11) is 0. The van der Waals surface area contributed by atoms with Crippen molar-refractivity contribution in [1.82, 2.24) is 5.32 Å². The number of aryl methyl sites for hydroxylation is 1. The van der Waals surface area contributed by atoms with Crippen molar-refractivity contribution in [3.63, 3.8) is 0 Å². The highest BCUT2D eigenvalue weighted by Crippen LogP contribution is 2.08. The van der Waals surface area contributed by atoms with Gasteiger partial charge in [0, 0.05) is 24.3 Å². The number of benzene rings is 1. The monoisotopic (exact) mass is 236 g/mol. The first kappa shape index (κ1) is 14.0. The molecule has 1 atom stereocenters. The van der Waals surface area contributed by atoms with Gasteiger partial charge in [0.1, 0.15) is 0 Å². The number of aliphatic hydroxyl groups excluding tert-OH is 1. The Hall–Kier alpha value is -1.06. The lowest BCUT2D eigenvalue weighted by molar-refractivity contribution is 0.172. The minimum Gasteiger partial charge on any atom is -0.390 e. The fourth-order valence-electron chi connectivity index (χ4n) is 1.40. The van der Waals surface area contributed by atoms with Gasteiger partial charge in [-0.05, 0) is 39.8 Å². The number of β-amino-alcohol motifs (C(OH)–C–C–N with tert-alkyl or cyclic N) is 1. The minimum atomic E-state index is -0.379. The van der Waals surface area contributed by atoms with Crippen LogP contribution in [0.15, 0.2) is 24.3 Å². The van der Waals surface area contributed by atoms with Gasteiger partial charge in [0.25, 0.3) is 0 Å². The third-order valence-electron chi connectivity index (χ3n) is 2.46. The van der Waals surface area contributed by atoms with Crippen LogP contribution in [0, 0.1) is 6.92 Å². The molecule has 0 heterocycles. The molecule has 0 bridgehead atoms. The zero-order chi connectivity index (χ0) is 12.9. The van der Waals surface area contributed by atoms with Gasteiger partial charge in [0.2, 0.25) is 0 Å². The number of nitrogens with one attached hydrogen (secondary N) is 2. The van der Waals surface area contributed by atoms with E-state index in [1.165, 1.54) is 5.56 Å². The van der Waals surface area contributed by atoms with Crippen molar-refractivity contribution in [2.75, 3.05) is 18.4 Å². The zero-order valence-electron chi connectivity index (χ0n) is 11.2. The van der Waals surface area contributed by atoms with E-state index in [4.69, 9.17) is 0 Å². The molecule has 0 saturated heterocycles. The Morgan fingerprint density at radius 2 is 1.71 bits per heavy atom. The average Bonchev–Trinajstić information content (AvgIpc) is 2.25. The molecule has 3 N–H and O–H groups in total. The first-order chi connectivity index (χ1) is 7.87. The molecule has 0 aliphatic heterocycles. The summed E-state index contributed by atoms with van der Waals surface area (Å²) in [5, 5.41) is 16.3. The summed E-state index contributed by atoms with van der Waals surface area (Å²) in [5.41, 5.74) is 2.33. The standard InChI is InChI=1S/C14H24N2O/c1-11-5-7-12(8-6-11)15-9-13(17)10-16-14(2,3)4/h5-8,13,15-17H,9-10H2,1-4H3. The summed E-state index contributed by atoms with van der Waals surface area (Å²) < 4.78 is 0. The van der Waals surface area contributed by atoms with E-state index >= 15 is 0 Å². The predicted octanol–water partition coefficient (Wildman–Crippen LogP) is 2.16. The van der Waals surface area contributed by atoms with Gasteiger partial charge in [-0.2, -0.15) is 0 Å². The van der Waals surface area contributed by atoms with Gasteiger partial charge < -0.3 is 15.7 Å². The molecule has 0 amide bonds. The highest BCUT2D eigenvalue weighted by atomic mass is 16.3. The Bertz CT molecular complexity index is 327. The molecule has 0 saturated carbocycles. The molecule has 0 aliphatic carbocycles. The topological polar surface area (TPSA) is 44.3 Å². The zero-order valence-corrected chi connectivity index (χ0v) is 11.2. The maximum absolute atomic E-state index is 9.80. The van der Waals surface area contributed by atoms with Crippen molar-refractivity contribution in [3.8, 4) is 0 Å². The van der Waals surface area contributed by atoms with Gasteiger partial charge in [-0.3, -0.25) is 0 Å². The van der Waals surface area contributed by atoms with E-state index in [9.17, 15) is 5.11 Å². The van der Waals surface area contributed by atoms with Crippen molar-refractivity contribution >= 4 is 5.69 Å². The molecule has 1 rings (SSSR count). The van der Waals surface area contributed by atoms with Crippen LogP contribution in [-0.4, -0.2) is 29.8 Å². The molecule has 0 spiro atoms. The molecule has 3 heteroatoms. The molecular weight excluding hydrogens is 212 g/mol. The molecule has 96 valence electrons. The van der Waals surface area contributed by atoms with Gasteiger partial charge in [0.15, 0.2) is 0 Å². The van der Waals surface area contributed by atoms with Crippen molar-refractivity contribution < 1.29 is 5.11 Å². The molecule has 1 aromatic rings. The van der Waals surface area contributed by atoms with Gasteiger partial charge in [-0.25, -0.2) is 0 Å². The molecule has 17 heavy (non-hydrogen) atoms. The Balaban J connectivity index is 2.28. The Morgan fingerprint density at radius 1 is 1.12 bits per heavy atom. The molecule has 1 aromatic carbocycles. The summed E-state index contributed by atoms with van der Waals surface area (Å²) in [6.07, 6.45) is -0.379. The third kappa shape index (κ3) is 6.29. The second-order valence-corrected chi connectivity index (χ2v) is 5.53. The maximum Gasteiger partial charge on any atom is 0.0836 e. The van der Waals surface area contributed by atoms with E-state index in [1.54, 1.807) is 0 Å². The number of rotatable bonds is 5. The lowest BCUT2D eigenvalue weighted by atomic mass is 10.1. The van der Waals surface area contributed by atoms with Gasteiger partial charge in [0.05, 0.1) is 6.10 Å². The Labute approximate surface area is 104 Å². The van der Waals surface area contributed by atoms with Gasteiger partial charge in [-0.1, -0.05) is 17.7 Å². The number of aliphatic hydroxyl groups is 1. The van der Waals surface area contributed by atoms with Gasteiger partial charge >= 0.3 is 0 Å². The Morgan fingerprint density at radius 3 is 2.24 bits per heavy atom. The SMILES string of the molecule is Cc1ccc(NCC(O)CNC(C)(C)C)cc1. The first-order valence-corrected chi connectivity index (χ1v) is 6.10. The van der Waals surface area contributed by atoms with Crippen LogP contribution < -0.4 is 10.6 Å². The molecule has 3 nitrogen and oxygen atoms in total. The normalized spacial score (nSPS) is 13.5. The highest BCUT2D eigenvalue weighted by Gasteiger charge is 2.11. The van der Waals surface area contributed by atoms with Crippen molar-refractivity contribution in [1.29, 1.82) is 0 Å². The second kappa shape index (κ2) is 6.03. The van der Waals surface area contributed by atoms with E-state index in [0.29, 0.717) is 13.1 Å². The molecule has 0 aliphatic rings. The van der Waals surface area contributed by atoms with Crippen LogP contribution in [0.3, 0.4) is 0 Å². The van der Waals surface area contributed by atoms with Crippen molar-refractivity contribution in [2.24, 2.45) is 0 Å². The van der Waals surface area contributed by atoms with Crippen LogP contribution in [0.1, 0.15) is 26.3 Å². The van der Waals surface area contributed by atoms with E-state index in [1.807, 2.05) is 12.1 Å². The fraction of sp³-hybridized carbons (Fsp3) is 0.571. The van der Waals surface area contributed by atoms with Crippen LogP contribution in [0.25, 0.3) is 0 Å². The number of hydrogen-bond acceptors (Lipinski definition) is 3. The predicted molar refractivity (Wildman–Crippen MR) is 73.4 cm³/mol. The highest BCUT2D eigenvalue weighted by molar-refractivity contribution is 5.44. The van der Waals surface area contributed by atoms with Crippen LogP contribution in [-0.2, 0) is 0 Å². The van der Waals surface area contributed by atoms with E-state index in [-0.39, 0.29) is 11.6 Å². The summed E-state index contributed by atoms with van der Waals surface area (Å²) in [6, 6.07) is 8.17. The molecule has 0 fully saturated rings. The van der Waals surface area contributed by atoms with Crippen LogP contribution >= 0.6 is 0 Å². The van der Waals surface area contributed by atoms with Crippen molar-refractivity contribution in [3.05, 3.63) is 29.8 Å². The lowest BCUT2D eigenvalue weighted by Crippen LogP contribution is -2.42. The largest absolute Gasteiger partial charge is 0.390 e. The van der Waals surface area contributed by atoms with E-state index in [2.05, 4.69) is 50.5 Å². The second-order valence-electron chi connectivity index (χ2n) is 5.53. The molecule has 1 unspecified atom stereocenters. The van der Waals surface area contributed by atoms with Crippen LogP contribution in [0.5, 0.6) is 0 Å². The van der Waals surface area contributed by atoms with Crippen LogP contribution in [0.4, 0.5) is 5.69 Å². The van der Waals surface area contributed by atoms with Crippen molar-refractivity contribution in [2.45, 2.75) is 39.3 Å². The molecular formula is C14H24N2O. The quantitative estimate of drug-likeness (QED) is 0.734. The first-order valence-electron chi connectivity index (χ1n) is 6.10. The molecule has 0 aromatic heterocycles. The Kier molecular flexibility index (Phi) is 4.97. The van der Waals surface area contributed by atoms with E-state index in [0.717, 1.165) is 5.69 Å². The smallest absolute Gasteiger partial charge is 0.0836 e. The number of hydrogen-bond donors (Lipinski definition) is 3. The summed E-state index contributed by atoms with van der Waals surface area (Å²) in [4.78, 5) is 0. The van der Waals surface area contributed by atoms with Gasteiger partial charge in [-0.15, -0.1) is 0 Å². The molecule has 0 radical (unpaired) electrons. The summed E-state index contributed by atoms with van der Waals surface area (Å²) in [6.45, 7) is 9.49. The van der Waals surface area contributed by atoms with Crippen LogP contribution in [0.2, 0.25) is 0 Å². The summed E-state index contributed by atoms with van der Waals surface area (Å²) >= 11 is 0. The number of anilines is 1. The van der Waals surface area contributed by atoms with E-state index < -0.39 is 0 Å². The fourth-order valence-corrected chi connectivity index (χ4v) is 1.40. The minimum absolute atomic E-state index is 0.0465. The lowest BCUT2D eigenvalue weighted by Gasteiger charge is -2.23. The summed E-state index contributed by atoms with van der Waals surface area (Å²) in [5.74, 6) is 0.